The van der Waals surface area contributed by atoms with Gasteiger partial charge < -0.3 is 9.80 Å². The fourth-order valence-electron chi connectivity index (χ4n) is 4.66. The van der Waals surface area contributed by atoms with Gasteiger partial charge >= 0.3 is 0 Å². The Balaban J connectivity index is 1.48. The molecule has 1 N–H and O–H groups in total. The van der Waals surface area contributed by atoms with Crippen LogP contribution >= 0.6 is 15.9 Å². The second-order valence-electron chi connectivity index (χ2n) is 9.14. The summed E-state index contributed by atoms with van der Waals surface area (Å²) in [5.41, 5.74) is 3.47. The van der Waals surface area contributed by atoms with Crippen molar-refractivity contribution in [3.8, 4) is 0 Å². The number of carbonyl (C=O) groups is 1. The van der Waals surface area contributed by atoms with Gasteiger partial charge in [-0.1, -0.05) is 65.3 Å². The van der Waals surface area contributed by atoms with Crippen molar-refractivity contribution >= 4 is 27.9 Å². The van der Waals surface area contributed by atoms with Gasteiger partial charge in [-0.25, -0.2) is 0 Å². The van der Waals surface area contributed by atoms with Crippen LogP contribution in [0.5, 0.6) is 0 Å². The molecule has 1 amide bonds. The third kappa shape index (κ3) is 7.46. The van der Waals surface area contributed by atoms with E-state index >= 15 is 0 Å². The van der Waals surface area contributed by atoms with E-state index in [9.17, 15) is 4.79 Å². The first kappa shape index (κ1) is 24.5. The minimum atomic E-state index is -0.0842. The number of quaternary nitrogens is 1. The molecule has 1 aliphatic carbocycles. The molecule has 0 aliphatic heterocycles. The monoisotopic (exact) mass is 495 g/mol. The summed E-state index contributed by atoms with van der Waals surface area (Å²) in [6.07, 6.45) is 13.4. The summed E-state index contributed by atoms with van der Waals surface area (Å²) in [4.78, 5) is 12.1. The molecule has 170 valence electrons. The van der Waals surface area contributed by atoms with E-state index < -0.39 is 0 Å². The highest BCUT2D eigenvalue weighted by Crippen LogP contribution is 2.27. The lowest BCUT2D eigenvalue weighted by Gasteiger charge is -2.43. The number of nitrogens with one attached hydrogen (secondary N) is 1. The van der Waals surface area contributed by atoms with Crippen LogP contribution in [0, 0.1) is 0 Å². The zero-order valence-electron chi connectivity index (χ0n) is 19.2. The molecule has 1 unspecified atom stereocenters. The molecule has 0 spiro atoms. The number of amides is 1. The second kappa shape index (κ2) is 12.2. The van der Waals surface area contributed by atoms with Crippen molar-refractivity contribution in [2.75, 3.05) is 20.1 Å². The summed E-state index contributed by atoms with van der Waals surface area (Å²) in [5.74, 6) is -0.0842. The summed E-state index contributed by atoms with van der Waals surface area (Å²) < 4.78 is 2.11. The average Bonchev–Trinajstić information content (AvgIpc) is 2.81. The Morgan fingerprint density at radius 2 is 1.84 bits per heavy atom. The zero-order valence-corrected chi connectivity index (χ0v) is 20.8. The number of benzene rings is 2. The maximum Gasteiger partial charge on any atom is 0.244 e. The van der Waals surface area contributed by atoms with E-state index in [0.29, 0.717) is 6.54 Å². The summed E-state index contributed by atoms with van der Waals surface area (Å²) in [6.45, 7) is 6.74. The van der Waals surface area contributed by atoms with Crippen LogP contribution in [0.3, 0.4) is 0 Å². The van der Waals surface area contributed by atoms with Gasteiger partial charge in [-0.3, -0.25) is 4.79 Å². The van der Waals surface area contributed by atoms with Gasteiger partial charge in [0.05, 0.1) is 26.2 Å². The van der Waals surface area contributed by atoms with E-state index in [-0.39, 0.29) is 5.91 Å². The fraction of sp³-hybridized carbons (Fsp3) is 0.393. The Labute approximate surface area is 201 Å². The van der Waals surface area contributed by atoms with E-state index in [2.05, 4.69) is 65.2 Å². The van der Waals surface area contributed by atoms with E-state index in [0.717, 1.165) is 45.6 Å². The van der Waals surface area contributed by atoms with Crippen LogP contribution in [0.15, 0.2) is 71.7 Å². The van der Waals surface area contributed by atoms with Crippen molar-refractivity contribution in [2.24, 2.45) is 0 Å². The molecule has 0 radical (unpaired) electrons. The highest BCUT2D eigenvalue weighted by molar-refractivity contribution is 9.10. The number of hydrogen-bond acceptors (Lipinski definition) is 1. The molecule has 32 heavy (non-hydrogen) atoms. The second-order valence-corrected chi connectivity index (χ2v) is 10.1. The molecule has 1 aliphatic rings. The van der Waals surface area contributed by atoms with E-state index in [1.165, 1.54) is 37.7 Å². The van der Waals surface area contributed by atoms with Gasteiger partial charge in [-0.2, -0.15) is 0 Å². The first-order valence-corrected chi connectivity index (χ1v) is 12.5. The highest BCUT2D eigenvalue weighted by atomic mass is 79.9. The zero-order chi connectivity index (χ0) is 22.8. The molecular weight excluding hydrogens is 460 g/mol. The minimum Gasteiger partial charge on any atom is -0.348 e. The van der Waals surface area contributed by atoms with Crippen molar-refractivity contribution in [3.05, 3.63) is 88.4 Å². The summed E-state index contributed by atoms with van der Waals surface area (Å²) in [6, 6.07) is 17.3. The predicted molar refractivity (Wildman–Crippen MR) is 138 cm³/mol. The SMILES string of the molecule is C=CC[N+](C)(CCc1ccc(CNC(=O)/C=C/c2cccc(Br)c2)cc1)C1CCCCC1. The van der Waals surface area contributed by atoms with Crippen LogP contribution in [0.25, 0.3) is 6.08 Å². The fourth-order valence-corrected chi connectivity index (χ4v) is 5.08. The van der Waals surface area contributed by atoms with Crippen molar-refractivity contribution in [3.63, 3.8) is 0 Å². The molecule has 1 atom stereocenters. The van der Waals surface area contributed by atoms with Crippen molar-refractivity contribution in [2.45, 2.75) is 51.1 Å². The molecule has 3 nitrogen and oxygen atoms in total. The Hall–Kier alpha value is -2.17. The molecule has 3 rings (SSSR count). The predicted octanol–water partition coefficient (Wildman–Crippen LogP) is 6.29. The van der Waals surface area contributed by atoms with Crippen LogP contribution in [-0.2, 0) is 17.8 Å². The molecule has 2 aromatic rings. The minimum absolute atomic E-state index is 0.0842. The van der Waals surface area contributed by atoms with Gasteiger partial charge in [0, 0.05) is 23.5 Å². The topological polar surface area (TPSA) is 29.1 Å². The Kier molecular flexibility index (Phi) is 9.31. The third-order valence-electron chi connectivity index (χ3n) is 6.68. The Morgan fingerprint density at radius 1 is 1.12 bits per heavy atom. The number of hydrogen-bond donors (Lipinski definition) is 1. The van der Waals surface area contributed by atoms with Crippen molar-refractivity contribution < 1.29 is 9.28 Å². The van der Waals surface area contributed by atoms with Gasteiger partial charge in [0.15, 0.2) is 0 Å². The van der Waals surface area contributed by atoms with Crippen molar-refractivity contribution in [1.29, 1.82) is 0 Å². The normalized spacial score (nSPS) is 16.6. The lowest BCUT2D eigenvalue weighted by Crippen LogP contribution is -2.54. The number of nitrogens with zero attached hydrogens (tertiary/aromatic N) is 1. The molecule has 0 aromatic heterocycles. The van der Waals surface area contributed by atoms with Crippen LogP contribution in [0.2, 0.25) is 0 Å². The van der Waals surface area contributed by atoms with Gasteiger partial charge in [-0.15, -0.1) is 0 Å². The number of rotatable bonds is 10. The van der Waals surface area contributed by atoms with Crippen LogP contribution in [0.1, 0.15) is 48.8 Å². The first-order chi connectivity index (χ1) is 15.5. The van der Waals surface area contributed by atoms with Gasteiger partial charge in [0.1, 0.15) is 0 Å². The smallest absolute Gasteiger partial charge is 0.244 e. The summed E-state index contributed by atoms with van der Waals surface area (Å²) in [7, 11) is 2.41. The highest BCUT2D eigenvalue weighted by Gasteiger charge is 2.32. The van der Waals surface area contributed by atoms with Crippen LogP contribution in [0.4, 0.5) is 0 Å². The average molecular weight is 497 g/mol. The molecular formula is C28H36BrN2O+. The molecule has 1 saturated carbocycles. The van der Waals surface area contributed by atoms with Gasteiger partial charge in [0.2, 0.25) is 5.91 Å². The molecule has 0 saturated heterocycles. The third-order valence-corrected chi connectivity index (χ3v) is 7.17. The molecule has 0 heterocycles. The standard InChI is InChI=1S/C28H35BrN2O/c1-3-19-31(2,27-10-5-4-6-11-27)20-18-23-12-14-25(15-13-23)22-30-28(32)17-16-24-8-7-9-26(29)21-24/h3,7-9,12-17,21,27H,1,4-6,10-11,18-20,22H2,2H3/p+1/b17-16+. The number of likely N-dealkylation sites (N-methyl/N-ethyl adjacent to an activating group) is 1. The number of halogens is 1. The summed E-state index contributed by atoms with van der Waals surface area (Å²) >= 11 is 3.45. The van der Waals surface area contributed by atoms with E-state index in [4.69, 9.17) is 0 Å². The molecule has 4 heteroatoms. The first-order valence-electron chi connectivity index (χ1n) is 11.7. The largest absolute Gasteiger partial charge is 0.348 e. The van der Waals surface area contributed by atoms with Gasteiger partial charge in [0.25, 0.3) is 0 Å². The van der Waals surface area contributed by atoms with Gasteiger partial charge in [-0.05, 0) is 66.7 Å². The molecule has 2 aromatic carbocycles. The lowest BCUT2D eigenvalue weighted by molar-refractivity contribution is -0.929. The Morgan fingerprint density at radius 3 is 2.53 bits per heavy atom. The lowest BCUT2D eigenvalue weighted by atomic mass is 9.92. The van der Waals surface area contributed by atoms with Crippen LogP contribution < -0.4 is 5.32 Å². The number of carbonyl (C=O) groups excluding carboxylic acids is 1. The molecule has 0 bridgehead atoms. The maximum absolute atomic E-state index is 12.1. The van der Waals surface area contributed by atoms with E-state index in [1.54, 1.807) is 6.08 Å². The summed E-state index contributed by atoms with van der Waals surface area (Å²) in [5, 5.41) is 2.97. The Bertz CT molecular complexity index is 915. The maximum atomic E-state index is 12.1. The van der Waals surface area contributed by atoms with Crippen LogP contribution in [-0.4, -0.2) is 36.6 Å². The quantitative estimate of drug-likeness (QED) is 0.234. The molecule has 1 fully saturated rings. The van der Waals surface area contributed by atoms with E-state index in [1.807, 2.05) is 30.3 Å². The van der Waals surface area contributed by atoms with Crippen molar-refractivity contribution in [1.82, 2.24) is 5.32 Å².